The number of phenolic OH excluding ortho intramolecular Hbond substituents is 1. The van der Waals surface area contributed by atoms with E-state index in [9.17, 15) is 23.9 Å². The van der Waals surface area contributed by atoms with Gasteiger partial charge in [0.15, 0.2) is 11.6 Å². The average Bonchev–Trinajstić information content (AvgIpc) is 3.48. The van der Waals surface area contributed by atoms with Gasteiger partial charge < -0.3 is 5.11 Å². The Morgan fingerprint density at radius 3 is 2.24 bits per heavy atom. The third-order valence-corrected chi connectivity index (χ3v) is 11.6. The van der Waals surface area contributed by atoms with Crippen LogP contribution in [0.3, 0.4) is 0 Å². The minimum absolute atomic E-state index is 0.00786. The van der Waals surface area contributed by atoms with Crippen molar-refractivity contribution < 1.29 is 33.1 Å². The van der Waals surface area contributed by atoms with Crippen LogP contribution in [0.4, 0.5) is 20.2 Å². The van der Waals surface area contributed by atoms with Gasteiger partial charge in [-0.2, -0.15) is 5.01 Å². The SMILES string of the molecule is O=C1C2CC3C(=CCC4C(=O)N(c5ccc(I)cc5)C(=O)C43)C(c3cccc(F)c3O)C2(c2ccc(Cl)cc2)C(=O)N1Nc1ccc(F)cc1. The number of phenols is 1. The summed E-state index contributed by atoms with van der Waals surface area (Å²) >= 11 is 8.44. The Morgan fingerprint density at radius 1 is 0.840 bits per heavy atom. The number of rotatable bonds is 5. The standard InChI is InChI=1S/C38H27ClF2IN3O5/c39-20-6-4-19(5-7-20)38-29(35(48)45(37(38)50)43-23-12-8-21(40)9-13-23)18-28-25(32(38)27-2-1-3-30(41)33(27)46)16-17-26-31(28)36(49)44(34(26)47)24-14-10-22(42)11-15-24/h1-16,26,28-29,31-32,43,46H,17-18H2. The maximum atomic E-state index is 15.3. The van der Waals surface area contributed by atoms with E-state index in [1.807, 2.05) is 6.08 Å². The highest BCUT2D eigenvalue weighted by molar-refractivity contribution is 14.1. The quantitative estimate of drug-likeness (QED) is 0.127. The van der Waals surface area contributed by atoms with E-state index in [-0.39, 0.29) is 30.0 Å². The molecular formula is C38H27ClF2IN3O5. The number of carbonyl (C=O) groups excluding carboxylic acids is 4. The van der Waals surface area contributed by atoms with Crippen LogP contribution >= 0.6 is 34.2 Å². The maximum absolute atomic E-state index is 15.3. The molecule has 6 atom stereocenters. The predicted octanol–water partition coefficient (Wildman–Crippen LogP) is 7.12. The van der Waals surface area contributed by atoms with Crippen molar-refractivity contribution in [1.82, 2.24) is 5.01 Å². The summed E-state index contributed by atoms with van der Waals surface area (Å²) in [7, 11) is 0. The van der Waals surface area contributed by atoms with Crippen molar-refractivity contribution in [2.24, 2.45) is 23.7 Å². The third kappa shape index (κ3) is 4.73. The fourth-order valence-corrected chi connectivity index (χ4v) is 9.09. The monoisotopic (exact) mass is 805 g/mol. The van der Waals surface area contributed by atoms with Crippen LogP contribution in [0, 0.1) is 38.9 Å². The van der Waals surface area contributed by atoms with Crippen LogP contribution in [-0.2, 0) is 24.6 Å². The first-order valence-electron chi connectivity index (χ1n) is 16.0. The molecule has 2 N–H and O–H groups in total. The summed E-state index contributed by atoms with van der Waals surface area (Å²) in [6.07, 6.45) is 1.99. The van der Waals surface area contributed by atoms with Gasteiger partial charge in [0.25, 0.3) is 11.8 Å². The normalized spacial score (nSPS) is 27.2. The Hall–Kier alpha value is -4.62. The van der Waals surface area contributed by atoms with Crippen molar-refractivity contribution in [2.75, 3.05) is 10.3 Å². The highest BCUT2D eigenvalue weighted by atomic mass is 127. The first kappa shape index (κ1) is 32.6. The molecule has 4 aliphatic rings. The van der Waals surface area contributed by atoms with Crippen molar-refractivity contribution in [2.45, 2.75) is 24.2 Å². The fourth-order valence-electron chi connectivity index (χ4n) is 8.61. The lowest BCUT2D eigenvalue weighted by atomic mass is 9.49. The molecule has 0 radical (unpaired) electrons. The number of nitrogens with zero attached hydrogens (tertiary/aromatic N) is 2. The lowest BCUT2D eigenvalue weighted by Gasteiger charge is -2.50. The zero-order chi connectivity index (χ0) is 35.1. The van der Waals surface area contributed by atoms with E-state index in [0.717, 1.165) is 14.6 Å². The number of hydrogen-bond acceptors (Lipinski definition) is 6. The topological polar surface area (TPSA) is 107 Å². The van der Waals surface area contributed by atoms with Gasteiger partial charge >= 0.3 is 0 Å². The van der Waals surface area contributed by atoms with Crippen LogP contribution < -0.4 is 10.3 Å². The Balaban J connectivity index is 1.33. The van der Waals surface area contributed by atoms with Crippen LogP contribution in [0.15, 0.2) is 103 Å². The minimum atomic E-state index is -1.74. The van der Waals surface area contributed by atoms with Gasteiger partial charge in [0.2, 0.25) is 11.8 Å². The molecule has 8 rings (SSSR count). The van der Waals surface area contributed by atoms with Crippen LogP contribution in [0.25, 0.3) is 0 Å². The van der Waals surface area contributed by atoms with Gasteiger partial charge in [-0.25, -0.2) is 8.78 Å². The van der Waals surface area contributed by atoms with Crippen molar-refractivity contribution in [1.29, 1.82) is 0 Å². The first-order valence-corrected chi connectivity index (χ1v) is 17.5. The number of amides is 4. The molecule has 3 fully saturated rings. The summed E-state index contributed by atoms with van der Waals surface area (Å²) in [6.45, 7) is 0. The van der Waals surface area contributed by atoms with E-state index >= 15 is 9.18 Å². The van der Waals surface area contributed by atoms with Crippen molar-refractivity contribution >= 4 is 69.2 Å². The number of hydrazine groups is 1. The number of imide groups is 2. The third-order valence-electron chi connectivity index (χ3n) is 10.7. The number of halogens is 4. The maximum Gasteiger partial charge on any atom is 0.260 e. The molecule has 12 heteroatoms. The number of allylic oxidation sites excluding steroid dienone is 2. The molecule has 0 spiro atoms. The molecule has 4 aromatic carbocycles. The van der Waals surface area contributed by atoms with E-state index in [2.05, 4.69) is 28.0 Å². The van der Waals surface area contributed by atoms with E-state index < -0.39 is 70.1 Å². The van der Waals surface area contributed by atoms with Crippen molar-refractivity contribution in [3.05, 3.63) is 134 Å². The lowest BCUT2D eigenvalue weighted by Crippen LogP contribution is -2.53. The molecule has 2 heterocycles. The molecule has 50 heavy (non-hydrogen) atoms. The molecule has 252 valence electrons. The van der Waals surface area contributed by atoms with Crippen LogP contribution in [0.5, 0.6) is 5.75 Å². The second kappa shape index (κ2) is 12.0. The first-order chi connectivity index (χ1) is 24.0. The second-order valence-corrected chi connectivity index (χ2v) is 14.7. The number of para-hydroxylation sites is 1. The number of benzene rings is 4. The van der Waals surface area contributed by atoms with E-state index in [1.165, 1.54) is 41.3 Å². The van der Waals surface area contributed by atoms with Gasteiger partial charge in [0.1, 0.15) is 5.82 Å². The minimum Gasteiger partial charge on any atom is -0.505 e. The van der Waals surface area contributed by atoms with E-state index in [1.54, 1.807) is 48.5 Å². The average molecular weight is 806 g/mol. The van der Waals surface area contributed by atoms with Crippen molar-refractivity contribution in [3.63, 3.8) is 0 Å². The lowest BCUT2D eigenvalue weighted by molar-refractivity contribution is -0.138. The van der Waals surface area contributed by atoms with Gasteiger partial charge in [-0.15, -0.1) is 0 Å². The molecule has 4 aromatic rings. The van der Waals surface area contributed by atoms with E-state index in [4.69, 9.17) is 11.6 Å². The number of hydrogen-bond donors (Lipinski definition) is 2. The zero-order valence-electron chi connectivity index (χ0n) is 26.0. The molecule has 0 bridgehead atoms. The molecule has 1 saturated carbocycles. The Bertz CT molecular complexity index is 2130. The molecule has 8 nitrogen and oxygen atoms in total. The van der Waals surface area contributed by atoms with Crippen LogP contribution in [-0.4, -0.2) is 33.7 Å². The Kier molecular flexibility index (Phi) is 7.83. The molecule has 6 unspecified atom stereocenters. The van der Waals surface area contributed by atoms with Crippen molar-refractivity contribution in [3.8, 4) is 5.75 Å². The summed E-state index contributed by atoms with van der Waals surface area (Å²) in [6, 6.07) is 22.7. The van der Waals surface area contributed by atoms with Gasteiger partial charge in [-0.1, -0.05) is 47.5 Å². The molecule has 2 aliphatic heterocycles. The summed E-state index contributed by atoms with van der Waals surface area (Å²) in [5, 5.41) is 12.6. The highest BCUT2D eigenvalue weighted by Gasteiger charge is 2.70. The zero-order valence-corrected chi connectivity index (χ0v) is 28.9. The summed E-state index contributed by atoms with van der Waals surface area (Å²) < 4.78 is 30.0. The number of fused-ring (bicyclic) bond motifs is 4. The highest BCUT2D eigenvalue weighted by Crippen LogP contribution is 2.65. The second-order valence-electron chi connectivity index (χ2n) is 13.0. The van der Waals surface area contributed by atoms with Gasteiger partial charge in [0.05, 0.1) is 34.5 Å². The molecule has 0 aromatic heterocycles. The van der Waals surface area contributed by atoms with E-state index in [0.29, 0.717) is 21.8 Å². The number of aromatic hydroxyl groups is 1. The smallest absolute Gasteiger partial charge is 0.260 e. The molecule has 4 amide bonds. The Morgan fingerprint density at radius 2 is 1.54 bits per heavy atom. The molecular weight excluding hydrogens is 779 g/mol. The molecule has 2 saturated heterocycles. The summed E-state index contributed by atoms with van der Waals surface area (Å²) in [5.41, 5.74) is 2.85. The van der Waals surface area contributed by atoms with Crippen LogP contribution in [0.2, 0.25) is 5.02 Å². The fraction of sp³-hybridized carbons (Fsp3) is 0.211. The van der Waals surface area contributed by atoms with Crippen LogP contribution in [0.1, 0.15) is 29.9 Å². The summed E-state index contributed by atoms with van der Waals surface area (Å²) in [4.78, 5) is 59.2. The predicted molar refractivity (Wildman–Crippen MR) is 189 cm³/mol. The number of anilines is 2. The van der Waals surface area contributed by atoms with Gasteiger partial charge in [-0.05, 0) is 114 Å². The largest absolute Gasteiger partial charge is 0.505 e. The number of nitrogens with one attached hydrogen (secondary N) is 1. The van der Waals surface area contributed by atoms with Gasteiger partial charge in [-0.3, -0.25) is 29.5 Å². The summed E-state index contributed by atoms with van der Waals surface area (Å²) in [5.74, 6) is -8.76. The Labute approximate surface area is 303 Å². The molecule has 2 aliphatic carbocycles. The number of carbonyl (C=O) groups is 4. The van der Waals surface area contributed by atoms with Gasteiger partial charge in [0, 0.05) is 20.1 Å².